The van der Waals surface area contributed by atoms with Gasteiger partial charge in [0.2, 0.25) is 0 Å². The molecule has 0 saturated carbocycles. The first kappa shape index (κ1) is 9.03. The van der Waals surface area contributed by atoms with Gasteiger partial charge in [-0.3, -0.25) is 10.0 Å². The summed E-state index contributed by atoms with van der Waals surface area (Å²) in [5.41, 5.74) is 2.75. The Balaban J connectivity index is 3.09. The average molecular weight is 186 g/mol. The van der Waals surface area contributed by atoms with Gasteiger partial charge in [0.15, 0.2) is 0 Å². The SMILES string of the molecule is Cc1ccc(C(=O)NO)c(Cl)c1. The van der Waals surface area contributed by atoms with Crippen molar-refractivity contribution in [2.45, 2.75) is 6.92 Å². The van der Waals surface area contributed by atoms with Gasteiger partial charge in [0.25, 0.3) is 5.91 Å². The summed E-state index contributed by atoms with van der Waals surface area (Å²) in [5, 5.41) is 8.66. The Morgan fingerprint density at radius 3 is 2.75 bits per heavy atom. The minimum atomic E-state index is -0.597. The van der Waals surface area contributed by atoms with Gasteiger partial charge in [0.1, 0.15) is 0 Å². The number of carbonyl (C=O) groups is 1. The molecule has 3 nitrogen and oxygen atoms in total. The van der Waals surface area contributed by atoms with Crippen LogP contribution in [-0.2, 0) is 0 Å². The van der Waals surface area contributed by atoms with Crippen molar-refractivity contribution < 1.29 is 10.0 Å². The van der Waals surface area contributed by atoms with E-state index in [4.69, 9.17) is 16.8 Å². The predicted octanol–water partition coefficient (Wildman–Crippen LogP) is 1.77. The molecular weight excluding hydrogens is 178 g/mol. The van der Waals surface area contributed by atoms with Crippen molar-refractivity contribution >= 4 is 17.5 Å². The molecule has 1 aromatic carbocycles. The van der Waals surface area contributed by atoms with Crippen LogP contribution in [0.2, 0.25) is 5.02 Å². The molecule has 0 spiro atoms. The zero-order valence-electron chi connectivity index (χ0n) is 6.47. The van der Waals surface area contributed by atoms with Gasteiger partial charge in [0, 0.05) is 0 Å². The van der Waals surface area contributed by atoms with Crippen LogP contribution in [0.3, 0.4) is 0 Å². The molecule has 4 heteroatoms. The van der Waals surface area contributed by atoms with Gasteiger partial charge < -0.3 is 0 Å². The third-order valence-corrected chi connectivity index (χ3v) is 1.78. The molecule has 0 bridgehead atoms. The normalized spacial score (nSPS) is 9.58. The van der Waals surface area contributed by atoms with Crippen molar-refractivity contribution in [3.8, 4) is 0 Å². The second-order valence-corrected chi connectivity index (χ2v) is 2.83. The number of rotatable bonds is 1. The minimum absolute atomic E-state index is 0.268. The number of hydrogen-bond acceptors (Lipinski definition) is 2. The Labute approximate surface area is 74.9 Å². The molecule has 1 aromatic rings. The van der Waals surface area contributed by atoms with Gasteiger partial charge in [0.05, 0.1) is 10.6 Å². The summed E-state index contributed by atoms with van der Waals surface area (Å²) >= 11 is 5.73. The van der Waals surface area contributed by atoms with Crippen LogP contribution in [0.1, 0.15) is 15.9 Å². The Morgan fingerprint density at radius 1 is 1.58 bits per heavy atom. The molecule has 1 amide bonds. The van der Waals surface area contributed by atoms with E-state index in [-0.39, 0.29) is 5.56 Å². The van der Waals surface area contributed by atoms with E-state index in [1.165, 1.54) is 5.48 Å². The largest absolute Gasteiger partial charge is 0.288 e. The highest BCUT2D eigenvalue weighted by atomic mass is 35.5. The highest BCUT2D eigenvalue weighted by molar-refractivity contribution is 6.33. The number of amides is 1. The van der Waals surface area contributed by atoms with E-state index in [9.17, 15) is 4.79 Å². The summed E-state index contributed by atoms with van der Waals surface area (Å²) in [6.45, 7) is 1.87. The number of aryl methyl sites for hydroxylation is 1. The fourth-order valence-corrected chi connectivity index (χ4v) is 1.19. The van der Waals surface area contributed by atoms with E-state index in [1.54, 1.807) is 18.2 Å². The maximum absolute atomic E-state index is 10.9. The summed E-state index contributed by atoms with van der Waals surface area (Å²) in [4.78, 5) is 10.9. The molecule has 2 N–H and O–H groups in total. The fraction of sp³-hybridized carbons (Fsp3) is 0.125. The highest BCUT2D eigenvalue weighted by Crippen LogP contribution is 2.16. The van der Waals surface area contributed by atoms with E-state index >= 15 is 0 Å². The van der Waals surface area contributed by atoms with Crippen molar-refractivity contribution in [1.29, 1.82) is 0 Å². The summed E-state index contributed by atoms with van der Waals surface area (Å²) in [5.74, 6) is -0.597. The van der Waals surface area contributed by atoms with E-state index in [0.717, 1.165) is 5.56 Å². The lowest BCUT2D eigenvalue weighted by Crippen LogP contribution is -2.18. The van der Waals surface area contributed by atoms with Crippen LogP contribution in [0.4, 0.5) is 0 Å². The van der Waals surface area contributed by atoms with Crippen molar-refractivity contribution in [3.05, 3.63) is 34.3 Å². The zero-order valence-corrected chi connectivity index (χ0v) is 7.22. The quantitative estimate of drug-likeness (QED) is 0.518. The Hall–Kier alpha value is -1.06. The Bertz CT molecular complexity index is 312. The lowest BCUT2D eigenvalue weighted by molar-refractivity contribution is 0.0706. The molecule has 12 heavy (non-hydrogen) atoms. The van der Waals surface area contributed by atoms with E-state index in [0.29, 0.717) is 5.02 Å². The lowest BCUT2D eigenvalue weighted by Gasteiger charge is -2.01. The van der Waals surface area contributed by atoms with Gasteiger partial charge in [-0.2, -0.15) is 0 Å². The number of nitrogens with one attached hydrogen (secondary N) is 1. The van der Waals surface area contributed by atoms with E-state index < -0.39 is 5.91 Å². The molecule has 64 valence electrons. The number of hydroxylamine groups is 1. The van der Waals surface area contributed by atoms with Gasteiger partial charge in [-0.15, -0.1) is 0 Å². The van der Waals surface area contributed by atoms with Gasteiger partial charge in [-0.25, -0.2) is 5.48 Å². The molecule has 1 rings (SSSR count). The van der Waals surface area contributed by atoms with Crippen LogP contribution in [0.15, 0.2) is 18.2 Å². The summed E-state index contributed by atoms with van der Waals surface area (Å²) in [6, 6.07) is 4.96. The number of halogens is 1. The minimum Gasteiger partial charge on any atom is -0.288 e. The fourth-order valence-electron chi connectivity index (χ4n) is 0.865. The average Bonchev–Trinajstić information content (AvgIpc) is 2.03. The molecular formula is C8H8ClNO2. The van der Waals surface area contributed by atoms with Gasteiger partial charge in [-0.05, 0) is 24.6 Å². The van der Waals surface area contributed by atoms with Crippen LogP contribution in [0, 0.1) is 6.92 Å². The molecule has 0 unspecified atom stereocenters. The molecule has 0 aliphatic rings. The second-order valence-electron chi connectivity index (χ2n) is 2.42. The second kappa shape index (κ2) is 3.56. The smallest absolute Gasteiger partial charge is 0.276 e. The predicted molar refractivity (Wildman–Crippen MR) is 45.4 cm³/mol. The first-order valence-electron chi connectivity index (χ1n) is 3.35. The maximum atomic E-state index is 10.9. The molecule has 0 saturated heterocycles. The zero-order chi connectivity index (χ0) is 9.14. The van der Waals surface area contributed by atoms with Crippen LogP contribution < -0.4 is 5.48 Å². The molecule has 0 aliphatic carbocycles. The molecule has 0 atom stereocenters. The highest BCUT2D eigenvalue weighted by Gasteiger charge is 2.07. The molecule has 0 aromatic heterocycles. The number of hydrogen-bond donors (Lipinski definition) is 2. The molecule has 0 heterocycles. The van der Waals surface area contributed by atoms with E-state index in [2.05, 4.69) is 0 Å². The third kappa shape index (κ3) is 1.75. The maximum Gasteiger partial charge on any atom is 0.276 e. The number of carbonyl (C=O) groups excluding carboxylic acids is 1. The topological polar surface area (TPSA) is 49.3 Å². The molecule has 0 aliphatic heterocycles. The standard InChI is InChI=1S/C8H8ClNO2/c1-5-2-3-6(7(9)4-5)8(11)10-12/h2-4,12H,1H3,(H,10,11). The molecule has 0 radical (unpaired) electrons. The Kier molecular flexibility index (Phi) is 2.68. The summed E-state index contributed by atoms with van der Waals surface area (Å²) in [6.07, 6.45) is 0. The summed E-state index contributed by atoms with van der Waals surface area (Å²) < 4.78 is 0. The monoisotopic (exact) mass is 185 g/mol. The van der Waals surface area contributed by atoms with Crippen molar-refractivity contribution in [2.75, 3.05) is 0 Å². The lowest BCUT2D eigenvalue weighted by atomic mass is 10.1. The van der Waals surface area contributed by atoms with Crippen molar-refractivity contribution in [1.82, 2.24) is 5.48 Å². The number of benzene rings is 1. The molecule has 0 fully saturated rings. The van der Waals surface area contributed by atoms with E-state index in [1.807, 2.05) is 6.92 Å². The van der Waals surface area contributed by atoms with Crippen LogP contribution in [0.25, 0.3) is 0 Å². The van der Waals surface area contributed by atoms with Crippen LogP contribution >= 0.6 is 11.6 Å². The van der Waals surface area contributed by atoms with Crippen LogP contribution in [0.5, 0.6) is 0 Å². The van der Waals surface area contributed by atoms with Crippen molar-refractivity contribution in [2.24, 2.45) is 0 Å². The first-order chi connectivity index (χ1) is 5.65. The van der Waals surface area contributed by atoms with Gasteiger partial charge >= 0.3 is 0 Å². The summed E-state index contributed by atoms with van der Waals surface area (Å²) in [7, 11) is 0. The first-order valence-corrected chi connectivity index (χ1v) is 3.73. The van der Waals surface area contributed by atoms with Crippen molar-refractivity contribution in [3.63, 3.8) is 0 Å². The third-order valence-electron chi connectivity index (χ3n) is 1.47. The van der Waals surface area contributed by atoms with Crippen LogP contribution in [-0.4, -0.2) is 11.1 Å². The Morgan fingerprint density at radius 2 is 2.25 bits per heavy atom. The van der Waals surface area contributed by atoms with Gasteiger partial charge in [-0.1, -0.05) is 17.7 Å².